The Morgan fingerprint density at radius 2 is 1.79 bits per heavy atom. The Kier molecular flexibility index (Phi) is 3.90. The van der Waals surface area contributed by atoms with E-state index < -0.39 is 0 Å². The van der Waals surface area contributed by atoms with Crippen molar-refractivity contribution in [2.45, 2.75) is 6.92 Å². The molecule has 0 saturated heterocycles. The summed E-state index contributed by atoms with van der Waals surface area (Å²) in [5, 5.41) is 8.66. The molecule has 5 rings (SSSR count). The normalized spacial score (nSPS) is 12.2. The van der Waals surface area contributed by atoms with Crippen LogP contribution in [0.4, 0.5) is 23.3 Å². The highest BCUT2D eigenvalue weighted by atomic mass is 16.7. The van der Waals surface area contributed by atoms with Crippen molar-refractivity contribution >= 4 is 34.0 Å². The lowest BCUT2D eigenvalue weighted by Gasteiger charge is -2.12. The molecule has 0 radical (unpaired) electrons. The van der Waals surface area contributed by atoms with Gasteiger partial charge in [0.15, 0.2) is 11.5 Å². The van der Waals surface area contributed by atoms with Crippen LogP contribution in [-0.2, 0) is 0 Å². The Morgan fingerprint density at radius 3 is 2.75 bits per heavy atom. The lowest BCUT2D eigenvalue weighted by Crippen LogP contribution is -2.04. The van der Waals surface area contributed by atoms with Crippen LogP contribution in [0.15, 0.2) is 60.9 Å². The Morgan fingerprint density at radius 1 is 0.893 bits per heavy atom. The van der Waals surface area contributed by atoms with Crippen molar-refractivity contribution in [2.24, 2.45) is 0 Å². The van der Waals surface area contributed by atoms with Gasteiger partial charge in [0.2, 0.25) is 12.7 Å². The molecule has 0 bridgehead atoms. The van der Waals surface area contributed by atoms with Gasteiger partial charge in [-0.1, -0.05) is 24.3 Å². The van der Waals surface area contributed by atoms with Crippen LogP contribution in [0.1, 0.15) is 5.56 Å². The molecule has 0 aliphatic carbocycles. The zero-order valence-electron chi connectivity index (χ0n) is 15.1. The molecule has 0 fully saturated rings. The number of hydrogen-bond acceptors (Lipinski definition) is 7. The second-order valence-corrected chi connectivity index (χ2v) is 6.42. The lowest BCUT2D eigenvalue weighted by atomic mass is 10.1. The summed E-state index contributed by atoms with van der Waals surface area (Å²) in [6.07, 6.45) is 3.54. The van der Waals surface area contributed by atoms with E-state index >= 15 is 0 Å². The quantitative estimate of drug-likeness (QED) is 0.545. The van der Waals surface area contributed by atoms with Crippen LogP contribution in [0.3, 0.4) is 0 Å². The number of nitrogens with zero attached hydrogens (tertiary/aromatic N) is 3. The van der Waals surface area contributed by atoms with E-state index in [1.165, 1.54) is 0 Å². The van der Waals surface area contributed by atoms with Gasteiger partial charge in [-0.25, -0.2) is 9.97 Å². The third-order valence-electron chi connectivity index (χ3n) is 4.51. The van der Waals surface area contributed by atoms with Gasteiger partial charge < -0.3 is 20.1 Å². The zero-order chi connectivity index (χ0) is 18.9. The summed E-state index contributed by atoms with van der Waals surface area (Å²) < 4.78 is 10.8. The molecule has 0 unspecified atom stereocenters. The van der Waals surface area contributed by atoms with Crippen LogP contribution in [-0.4, -0.2) is 21.7 Å². The molecule has 28 heavy (non-hydrogen) atoms. The number of aryl methyl sites for hydroxylation is 1. The number of aromatic nitrogens is 3. The van der Waals surface area contributed by atoms with E-state index in [1.807, 2.05) is 55.5 Å². The Bertz CT molecular complexity index is 1170. The summed E-state index contributed by atoms with van der Waals surface area (Å²) in [7, 11) is 0. The summed E-state index contributed by atoms with van der Waals surface area (Å²) in [6, 6.07) is 15.7. The largest absolute Gasteiger partial charge is 0.454 e. The average molecular weight is 371 g/mol. The summed E-state index contributed by atoms with van der Waals surface area (Å²) in [5.41, 5.74) is 1.79. The minimum atomic E-state index is 0.247. The first kappa shape index (κ1) is 16.3. The van der Waals surface area contributed by atoms with Crippen molar-refractivity contribution < 1.29 is 9.47 Å². The van der Waals surface area contributed by atoms with Gasteiger partial charge in [0.05, 0.1) is 0 Å². The summed E-state index contributed by atoms with van der Waals surface area (Å²) >= 11 is 0. The minimum Gasteiger partial charge on any atom is -0.454 e. The van der Waals surface area contributed by atoms with Gasteiger partial charge >= 0.3 is 0 Å². The molecule has 2 aromatic carbocycles. The van der Waals surface area contributed by atoms with Crippen LogP contribution in [0.25, 0.3) is 10.8 Å². The third-order valence-corrected chi connectivity index (χ3v) is 4.51. The van der Waals surface area contributed by atoms with E-state index in [9.17, 15) is 0 Å². The number of anilines is 4. The monoisotopic (exact) mass is 371 g/mol. The van der Waals surface area contributed by atoms with Gasteiger partial charge in [-0.05, 0) is 30.5 Å². The topological polar surface area (TPSA) is 81.2 Å². The van der Waals surface area contributed by atoms with E-state index in [4.69, 9.17) is 9.47 Å². The van der Waals surface area contributed by atoms with Crippen molar-refractivity contribution in [3.05, 3.63) is 66.5 Å². The Balaban J connectivity index is 1.44. The maximum absolute atomic E-state index is 5.44. The highest BCUT2D eigenvalue weighted by Gasteiger charge is 2.14. The van der Waals surface area contributed by atoms with Crippen molar-refractivity contribution in [2.75, 3.05) is 17.4 Å². The molecule has 1 aliphatic rings. The van der Waals surface area contributed by atoms with E-state index in [-0.39, 0.29) is 6.79 Å². The average Bonchev–Trinajstić information content (AvgIpc) is 3.19. The smallest absolute Gasteiger partial charge is 0.231 e. The Labute approximate surface area is 161 Å². The molecule has 7 heteroatoms. The van der Waals surface area contributed by atoms with E-state index in [0.29, 0.717) is 11.8 Å². The lowest BCUT2D eigenvalue weighted by molar-refractivity contribution is 0.174. The minimum absolute atomic E-state index is 0.247. The standard InChI is InChI=1S/C21H17N5O2/c1-13-11-23-21(26-20-16-5-3-2-4-14(16)8-9-22-20)25-19(13)24-15-6-7-17-18(10-15)28-12-27-17/h2-11H,12H2,1H3,(H2,22,23,24,25,26). The molecule has 0 atom stereocenters. The zero-order valence-corrected chi connectivity index (χ0v) is 15.1. The van der Waals surface area contributed by atoms with Crippen molar-refractivity contribution in [3.63, 3.8) is 0 Å². The van der Waals surface area contributed by atoms with Gasteiger partial charge in [0.25, 0.3) is 0 Å². The molecule has 3 heterocycles. The fraction of sp³-hybridized carbons (Fsp3) is 0.0952. The maximum atomic E-state index is 5.44. The SMILES string of the molecule is Cc1cnc(Nc2nccc3ccccc23)nc1Nc1ccc2c(c1)OCO2. The molecule has 7 nitrogen and oxygen atoms in total. The number of pyridine rings is 1. The predicted molar refractivity (Wildman–Crippen MR) is 108 cm³/mol. The second kappa shape index (κ2) is 6.70. The summed E-state index contributed by atoms with van der Waals surface area (Å²) in [5.74, 6) is 3.36. The molecule has 2 aromatic heterocycles. The number of benzene rings is 2. The third kappa shape index (κ3) is 3.03. The first-order valence-corrected chi connectivity index (χ1v) is 8.87. The van der Waals surface area contributed by atoms with Gasteiger partial charge in [-0.3, -0.25) is 0 Å². The van der Waals surface area contributed by atoms with E-state index in [0.717, 1.165) is 39.3 Å². The first-order valence-electron chi connectivity index (χ1n) is 8.87. The van der Waals surface area contributed by atoms with Gasteiger partial charge in [-0.2, -0.15) is 4.98 Å². The highest BCUT2D eigenvalue weighted by molar-refractivity contribution is 5.92. The molecule has 138 valence electrons. The fourth-order valence-electron chi connectivity index (χ4n) is 3.06. The first-order chi connectivity index (χ1) is 13.8. The number of ether oxygens (including phenoxy) is 2. The molecule has 0 amide bonds. The number of rotatable bonds is 4. The molecule has 0 spiro atoms. The molecule has 1 aliphatic heterocycles. The Hall–Kier alpha value is -3.87. The number of hydrogen-bond donors (Lipinski definition) is 2. The van der Waals surface area contributed by atoms with Gasteiger partial charge in [0.1, 0.15) is 11.6 Å². The van der Waals surface area contributed by atoms with Crippen LogP contribution in [0.5, 0.6) is 11.5 Å². The van der Waals surface area contributed by atoms with Crippen LogP contribution in [0, 0.1) is 6.92 Å². The molecular formula is C21H17N5O2. The fourth-order valence-corrected chi connectivity index (χ4v) is 3.06. The van der Waals surface area contributed by atoms with Crippen molar-refractivity contribution in [1.82, 2.24) is 15.0 Å². The second-order valence-electron chi connectivity index (χ2n) is 6.42. The van der Waals surface area contributed by atoms with Crippen molar-refractivity contribution in [1.29, 1.82) is 0 Å². The van der Waals surface area contributed by atoms with E-state index in [2.05, 4.69) is 25.6 Å². The molecule has 4 aromatic rings. The van der Waals surface area contributed by atoms with Crippen molar-refractivity contribution in [3.8, 4) is 11.5 Å². The van der Waals surface area contributed by atoms with Gasteiger partial charge in [-0.15, -0.1) is 0 Å². The molecule has 2 N–H and O–H groups in total. The number of nitrogens with one attached hydrogen (secondary N) is 2. The summed E-state index contributed by atoms with van der Waals surface area (Å²) in [6.45, 7) is 2.20. The van der Waals surface area contributed by atoms with Crippen LogP contribution >= 0.6 is 0 Å². The molecule has 0 saturated carbocycles. The molecular weight excluding hydrogens is 354 g/mol. The maximum Gasteiger partial charge on any atom is 0.231 e. The highest BCUT2D eigenvalue weighted by Crippen LogP contribution is 2.35. The van der Waals surface area contributed by atoms with Crippen LogP contribution < -0.4 is 20.1 Å². The van der Waals surface area contributed by atoms with E-state index in [1.54, 1.807) is 12.4 Å². The summed E-state index contributed by atoms with van der Waals surface area (Å²) in [4.78, 5) is 13.4. The predicted octanol–water partition coefficient (Wildman–Crippen LogP) is 4.55. The van der Waals surface area contributed by atoms with Gasteiger partial charge in [0, 0.05) is 35.1 Å². The van der Waals surface area contributed by atoms with Crippen LogP contribution in [0.2, 0.25) is 0 Å². The number of fused-ring (bicyclic) bond motifs is 2.